The molecule has 2 N–H and O–H groups in total. The van der Waals surface area contributed by atoms with Gasteiger partial charge in [0.2, 0.25) is 0 Å². The maximum absolute atomic E-state index is 5.46. The monoisotopic (exact) mass is 328 g/mol. The molecular weight excluding hydrogens is 300 g/mol. The standard InChI is InChI=1S/C19H28N4O/c1-20-19(23(2)13-15-9-11-24-14-15)21-10-5-6-16-12-22-18-8-4-3-7-17(16)18/h3-4,7-8,12,15,22H,5-6,9-11,13-14H2,1-2H3,(H,20,21). The molecular formula is C19H28N4O. The van der Waals surface area contributed by atoms with Gasteiger partial charge >= 0.3 is 0 Å². The highest BCUT2D eigenvalue weighted by atomic mass is 16.5. The van der Waals surface area contributed by atoms with E-state index in [0.717, 1.165) is 51.5 Å². The van der Waals surface area contributed by atoms with E-state index < -0.39 is 0 Å². The molecule has 1 atom stereocenters. The molecule has 5 heteroatoms. The van der Waals surface area contributed by atoms with Crippen molar-refractivity contribution in [2.24, 2.45) is 10.9 Å². The zero-order chi connectivity index (χ0) is 16.8. The van der Waals surface area contributed by atoms with Crippen LogP contribution in [0, 0.1) is 5.92 Å². The van der Waals surface area contributed by atoms with Crippen molar-refractivity contribution in [1.29, 1.82) is 0 Å². The largest absolute Gasteiger partial charge is 0.381 e. The number of benzene rings is 1. The summed E-state index contributed by atoms with van der Waals surface area (Å²) in [5, 5.41) is 4.81. The Morgan fingerprint density at radius 3 is 3.08 bits per heavy atom. The topological polar surface area (TPSA) is 52.7 Å². The molecule has 1 aliphatic rings. The van der Waals surface area contributed by atoms with E-state index in [9.17, 15) is 0 Å². The molecule has 2 heterocycles. The Bertz CT molecular complexity index is 673. The highest BCUT2D eigenvalue weighted by Gasteiger charge is 2.18. The Morgan fingerprint density at radius 2 is 2.29 bits per heavy atom. The van der Waals surface area contributed by atoms with Gasteiger partial charge in [0, 0.05) is 56.8 Å². The highest BCUT2D eigenvalue weighted by molar-refractivity contribution is 5.83. The van der Waals surface area contributed by atoms with Crippen LogP contribution in [0.15, 0.2) is 35.5 Å². The number of aryl methyl sites for hydroxylation is 1. The van der Waals surface area contributed by atoms with Gasteiger partial charge in [-0.1, -0.05) is 18.2 Å². The second-order valence-electron chi connectivity index (χ2n) is 6.55. The summed E-state index contributed by atoms with van der Waals surface area (Å²) in [6.45, 7) is 3.71. The number of H-pyrrole nitrogens is 1. The number of hydrogen-bond donors (Lipinski definition) is 2. The Balaban J connectivity index is 1.44. The first-order valence-electron chi connectivity index (χ1n) is 8.82. The van der Waals surface area contributed by atoms with Crippen LogP contribution in [0.1, 0.15) is 18.4 Å². The highest BCUT2D eigenvalue weighted by Crippen LogP contribution is 2.18. The molecule has 0 radical (unpaired) electrons. The number of guanidine groups is 1. The zero-order valence-corrected chi connectivity index (χ0v) is 14.7. The lowest BCUT2D eigenvalue weighted by molar-refractivity contribution is 0.181. The zero-order valence-electron chi connectivity index (χ0n) is 14.7. The van der Waals surface area contributed by atoms with Crippen molar-refractivity contribution < 1.29 is 4.74 Å². The molecule has 130 valence electrons. The molecule has 1 aliphatic heterocycles. The smallest absolute Gasteiger partial charge is 0.193 e. The van der Waals surface area contributed by atoms with Crippen LogP contribution in [-0.4, -0.2) is 56.2 Å². The molecule has 3 rings (SSSR count). The van der Waals surface area contributed by atoms with Gasteiger partial charge in [-0.15, -0.1) is 0 Å². The quantitative estimate of drug-likeness (QED) is 0.487. The van der Waals surface area contributed by atoms with E-state index in [-0.39, 0.29) is 0 Å². The van der Waals surface area contributed by atoms with Gasteiger partial charge in [0.1, 0.15) is 0 Å². The molecule has 1 saturated heterocycles. The van der Waals surface area contributed by atoms with E-state index in [4.69, 9.17) is 4.74 Å². The molecule has 24 heavy (non-hydrogen) atoms. The minimum Gasteiger partial charge on any atom is -0.381 e. The van der Waals surface area contributed by atoms with Gasteiger partial charge in [-0.2, -0.15) is 0 Å². The average molecular weight is 328 g/mol. The molecule has 1 aromatic heterocycles. The van der Waals surface area contributed by atoms with Crippen molar-refractivity contribution in [1.82, 2.24) is 15.2 Å². The molecule has 0 aliphatic carbocycles. The fourth-order valence-electron chi connectivity index (χ4n) is 3.40. The van der Waals surface area contributed by atoms with Gasteiger partial charge in [-0.05, 0) is 30.9 Å². The van der Waals surface area contributed by atoms with Crippen LogP contribution in [-0.2, 0) is 11.2 Å². The summed E-state index contributed by atoms with van der Waals surface area (Å²) in [6, 6.07) is 8.48. The Kier molecular flexibility index (Phi) is 5.75. The van der Waals surface area contributed by atoms with E-state index in [1.54, 1.807) is 0 Å². The van der Waals surface area contributed by atoms with Gasteiger partial charge in [0.25, 0.3) is 0 Å². The Labute approximate surface area is 144 Å². The number of nitrogens with zero attached hydrogens (tertiary/aromatic N) is 2. The van der Waals surface area contributed by atoms with Crippen LogP contribution in [0.25, 0.3) is 10.9 Å². The maximum atomic E-state index is 5.46. The number of nitrogens with one attached hydrogen (secondary N) is 2. The molecule has 0 saturated carbocycles. The van der Waals surface area contributed by atoms with Crippen LogP contribution < -0.4 is 5.32 Å². The third kappa shape index (κ3) is 4.09. The maximum Gasteiger partial charge on any atom is 0.193 e. The summed E-state index contributed by atoms with van der Waals surface area (Å²) in [5.74, 6) is 1.60. The number of para-hydroxylation sites is 1. The fraction of sp³-hybridized carbons (Fsp3) is 0.526. The van der Waals surface area contributed by atoms with Crippen LogP contribution >= 0.6 is 0 Å². The van der Waals surface area contributed by atoms with Crippen LogP contribution in [0.4, 0.5) is 0 Å². The van der Waals surface area contributed by atoms with Gasteiger partial charge < -0.3 is 19.9 Å². The van der Waals surface area contributed by atoms with E-state index in [1.807, 2.05) is 7.05 Å². The molecule has 0 amide bonds. The molecule has 2 aromatic rings. The predicted octanol–water partition coefficient (Wildman–Crippen LogP) is 2.64. The summed E-state index contributed by atoms with van der Waals surface area (Å²) >= 11 is 0. The van der Waals surface area contributed by atoms with Gasteiger partial charge in [-0.3, -0.25) is 4.99 Å². The Morgan fingerprint density at radius 1 is 1.42 bits per heavy atom. The lowest BCUT2D eigenvalue weighted by Crippen LogP contribution is -2.41. The number of aromatic amines is 1. The second kappa shape index (κ2) is 8.20. The molecule has 0 spiro atoms. The second-order valence-corrected chi connectivity index (χ2v) is 6.55. The van der Waals surface area contributed by atoms with Gasteiger partial charge in [0.05, 0.1) is 6.61 Å². The van der Waals surface area contributed by atoms with Crippen LogP contribution in [0.3, 0.4) is 0 Å². The third-order valence-electron chi connectivity index (χ3n) is 4.71. The van der Waals surface area contributed by atoms with E-state index in [0.29, 0.717) is 5.92 Å². The van der Waals surface area contributed by atoms with Crippen molar-refractivity contribution in [3.8, 4) is 0 Å². The van der Waals surface area contributed by atoms with Crippen LogP contribution in [0.5, 0.6) is 0 Å². The number of rotatable bonds is 6. The SMILES string of the molecule is CN=C(NCCCc1c[nH]c2ccccc12)N(C)CC1CCOC1. The molecule has 1 unspecified atom stereocenters. The first-order chi connectivity index (χ1) is 11.8. The van der Waals surface area contributed by atoms with Crippen molar-refractivity contribution in [2.45, 2.75) is 19.3 Å². The summed E-state index contributed by atoms with van der Waals surface area (Å²) in [6.07, 6.45) is 5.43. The molecule has 1 fully saturated rings. The fourth-order valence-corrected chi connectivity index (χ4v) is 3.40. The molecule has 0 bridgehead atoms. The predicted molar refractivity (Wildman–Crippen MR) is 99.5 cm³/mol. The summed E-state index contributed by atoms with van der Waals surface area (Å²) in [7, 11) is 3.96. The van der Waals surface area contributed by atoms with Crippen LogP contribution in [0.2, 0.25) is 0 Å². The minimum atomic E-state index is 0.625. The number of aromatic nitrogens is 1. The number of ether oxygens (including phenoxy) is 1. The lowest BCUT2D eigenvalue weighted by atomic mass is 10.1. The Hall–Kier alpha value is -2.01. The van der Waals surface area contributed by atoms with Gasteiger partial charge in [0.15, 0.2) is 5.96 Å². The lowest BCUT2D eigenvalue weighted by Gasteiger charge is -2.24. The normalized spacial score (nSPS) is 18.2. The van der Waals surface area contributed by atoms with E-state index in [2.05, 4.69) is 57.7 Å². The van der Waals surface area contributed by atoms with Crippen molar-refractivity contribution in [3.63, 3.8) is 0 Å². The van der Waals surface area contributed by atoms with Gasteiger partial charge in [-0.25, -0.2) is 0 Å². The molecule has 5 nitrogen and oxygen atoms in total. The number of aliphatic imine (C=N–C) groups is 1. The summed E-state index contributed by atoms with van der Waals surface area (Å²) in [5.41, 5.74) is 2.61. The van der Waals surface area contributed by atoms with E-state index >= 15 is 0 Å². The minimum absolute atomic E-state index is 0.625. The third-order valence-corrected chi connectivity index (χ3v) is 4.71. The number of fused-ring (bicyclic) bond motifs is 1. The first kappa shape index (κ1) is 16.8. The van der Waals surface area contributed by atoms with Crippen molar-refractivity contribution in [3.05, 3.63) is 36.0 Å². The van der Waals surface area contributed by atoms with E-state index in [1.165, 1.54) is 16.5 Å². The van der Waals surface area contributed by atoms with Crippen molar-refractivity contribution >= 4 is 16.9 Å². The summed E-state index contributed by atoms with van der Waals surface area (Å²) < 4.78 is 5.46. The average Bonchev–Trinajstić information content (AvgIpc) is 3.25. The van der Waals surface area contributed by atoms with Crippen molar-refractivity contribution in [2.75, 3.05) is 40.4 Å². The first-order valence-corrected chi connectivity index (χ1v) is 8.82. The number of hydrogen-bond acceptors (Lipinski definition) is 2. The molecule has 1 aromatic carbocycles. The summed E-state index contributed by atoms with van der Waals surface area (Å²) in [4.78, 5) is 9.96.